The van der Waals surface area contributed by atoms with Crippen LogP contribution in [0.1, 0.15) is 43.0 Å². The van der Waals surface area contributed by atoms with Crippen LogP contribution in [0.25, 0.3) is 0 Å². The lowest BCUT2D eigenvalue weighted by Crippen LogP contribution is -2.16. The molecule has 0 bridgehead atoms. The summed E-state index contributed by atoms with van der Waals surface area (Å²) in [5, 5.41) is 0. The predicted molar refractivity (Wildman–Crippen MR) is 96.6 cm³/mol. The van der Waals surface area contributed by atoms with Gasteiger partial charge >= 0.3 is 0 Å². The molecule has 0 amide bonds. The average molecular weight is 331 g/mol. The zero-order valence-electron chi connectivity index (χ0n) is 14.7. The smallest absolute Gasteiger partial charge is 0.261 e. The van der Waals surface area contributed by atoms with Crippen molar-refractivity contribution in [3.05, 3.63) is 58.7 Å². The van der Waals surface area contributed by atoms with Gasteiger partial charge in [-0.1, -0.05) is 50.6 Å². The van der Waals surface area contributed by atoms with Crippen LogP contribution >= 0.6 is 0 Å². The summed E-state index contributed by atoms with van der Waals surface area (Å²) in [5.41, 5.74) is 4.75. The van der Waals surface area contributed by atoms with Crippen molar-refractivity contribution >= 4 is 15.7 Å². The van der Waals surface area contributed by atoms with E-state index in [1.807, 2.05) is 45.0 Å². The highest BCUT2D eigenvalue weighted by Gasteiger charge is 2.19. The molecule has 0 spiro atoms. The van der Waals surface area contributed by atoms with Crippen LogP contribution in [-0.2, 0) is 15.4 Å². The maximum atomic E-state index is 12.6. The highest BCUT2D eigenvalue weighted by atomic mass is 32.2. The standard InChI is InChI=1S/C19H25NO2S/c1-13-11-14(2)18(15(3)12-13)20-23(21,22)17-9-7-16(8-10-17)19(4,5)6/h7-12,20H,1-6H3. The van der Waals surface area contributed by atoms with E-state index < -0.39 is 10.0 Å². The largest absolute Gasteiger partial charge is 0.279 e. The van der Waals surface area contributed by atoms with Gasteiger partial charge < -0.3 is 0 Å². The maximum absolute atomic E-state index is 12.6. The van der Waals surface area contributed by atoms with Crippen LogP contribution in [-0.4, -0.2) is 8.42 Å². The first kappa shape index (κ1) is 17.5. The molecule has 1 N–H and O–H groups in total. The molecule has 124 valence electrons. The van der Waals surface area contributed by atoms with Gasteiger partial charge in [-0.2, -0.15) is 0 Å². The molecule has 23 heavy (non-hydrogen) atoms. The lowest BCUT2D eigenvalue weighted by atomic mass is 9.87. The van der Waals surface area contributed by atoms with Crippen molar-refractivity contribution < 1.29 is 8.42 Å². The van der Waals surface area contributed by atoms with Crippen LogP contribution in [0.15, 0.2) is 41.3 Å². The van der Waals surface area contributed by atoms with Gasteiger partial charge in [0.25, 0.3) is 10.0 Å². The van der Waals surface area contributed by atoms with Crippen molar-refractivity contribution in [2.75, 3.05) is 4.72 Å². The topological polar surface area (TPSA) is 46.2 Å². The average Bonchev–Trinajstić information content (AvgIpc) is 2.42. The minimum Gasteiger partial charge on any atom is -0.279 e. The fourth-order valence-electron chi connectivity index (χ4n) is 2.67. The van der Waals surface area contributed by atoms with Gasteiger partial charge in [0.2, 0.25) is 0 Å². The monoisotopic (exact) mass is 331 g/mol. The van der Waals surface area contributed by atoms with Crippen molar-refractivity contribution in [2.24, 2.45) is 0 Å². The van der Waals surface area contributed by atoms with E-state index in [9.17, 15) is 8.42 Å². The third-order valence-corrected chi connectivity index (χ3v) is 5.31. The summed E-state index contributed by atoms with van der Waals surface area (Å²) in [6.45, 7) is 12.2. The Kier molecular flexibility index (Phi) is 4.58. The van der Waals surface area contributed by atoms with Gasteiger partial charge in [0.1, 0.15) is 0 Å². The SMILES string of the molecule is Cc1cc(C)c(NS(=O)(=O)c2ccc(C(C)(C)C)cc2)c(C)c1. The summed E-state index contributed by atoms with van der Waals surface area (Å²) in [5.74, 6) is 0. The summed E-state index contributed by atoms with van der Waals surface area (Å²) in [7, 11) is -3.58. The number of sulfonamides is 1. The zero-order chi connectivity index (χ0) is 17.4. The molecule has 0 saturated heterocycles. The Morgan fingerprint density at radius 3 is 1.78 bits per heavy atom. The Morgan fingerprint density at radius 1 is 0.870 bits per heavy atom. The molecule has 0 aromatic heterocycles. The van der Waals surface area contributed by atoms with Gasteiger partial charge in [0.05, 0.1) is 10.6 Å². The Bertz CT molecular complexity index is 790. The van der Waals surface area contributed by atoms with Crippen molar-refractivity contribution in [1.29, 1.82) is 0 Å². The van der Waals surface area contributed by atoms with Gasteiger partial charge in [0, 0.05) is 0 Å². The Morgan fingerprint density at radius 2 is 1.35 bits per heavy atom. The third-order valence-electron chi connectivity index (χ3n) is 3.94. The molecule has 2 aromatic carbocycles. The van der Waals surface area contributed by atoms with Gasteiger partial charge in [0.15, 0.2) is 0 Å². The molecule has 4 heteroatoms. The number of nitrogens with one attached hydrogen (secondary N) is 1. The van der Waals surface area contributed by atoms with Crippen LogP contribution in [0.2, 0.25) is 0 Å². The summed E-state index contributed by atoms with van der Waals surface area (Å²) in [6.07, 6.45) is 0. The van der Waals surface area contributed by atoms with E-state index in [0.717, 1.165) is 22.3 Å². The molecule has 0 aliphatic carbocycles. The molecule has 2 aromatic rings. The lowest BCUT2D eigenvalue weighted by Gasteiger charge is -2.19. The van der Waals surface area contributed by atoms with Crippen molar-refractivity contribution in [1.82, 2.24) is 0 Å². The lowest BCUT2D eigenvalue weighted by molar-refractivity contribution is 0.587. The van der Waals surface area contributed by atoms with E-state index in [2.05, 4.69) is 25.5 Å². The van der Waals surface area contributed by atoms with Crippen LogP contribution in [0, 0.1) is 20.8 Å². The minimum atomic E-state index is -3.58. The highest BCUT2D eigenvalue weighted by molar-refractivity contribution is 7.92. The van der Waals surface area contributed by atoms with E-state index in [-0.39, 0.29) is 10.3 Å². The first-order valence-electron chi connectivity index (χ1n) is 7.72. The van der Waals surface area contributed by atoms with Crippen molar-refractivity contribution in [3.63, 3.8) is 0 Å². The third kappa shape index (κ3) is 3.94. The molecule has 0 saturated carbocycles. The molecule has 0 heterocycles. The molecular weight excluding hydrogens is 306 g/mol. The fourth-order valence-corrected chi connectivity index (χ4v) is 3.87. The minimum absolute atomic E-state index is 0.000145. The number of benzene rings is 2. The summed E-state index contributed by atoms with van der Waals surface area (Å²) in [6, 6.07) is 11.1. The zero-order valence-corrected chi connectivity index (χ0v) is 15.5. The molecule has 0 aliphatic heterocycles. The molecule has 0 atom stereocenters. The first-order chi connectivity index (χ1) is 10.5. The Labute approximate surface area is 139 Å². The number of hydrogen-bond acceptors (Lipinski definition) is 2. The second-order valence-corrected chi connectivity index (χ2v) is 8.84. The summed E-state index contributed by atoms with van der Waals surface area (Å²) in [4.78, 5) is 0.282. The van der Waals surface area contributed by atoms with E-state index >= 15 is 0 Å². The van der Waals surface area contributed by atoms with E-state index in [0.29, 0.717) is 5.69 Å². The van der Waals surface area contributed by atoms with Crippen LogP contribution < -0.4 is 4.72 Å². The number of hydrogen-bond donors (Lipinski definition) is 1. The Balaban J connectivity index is 2.37. The normalized spacial score (nSPS) is 12.3. The molecule has 3 nitrogen and oxygen atoms in total. The van der Waals surface area contributed by atoms with Crippen LogP contribution in [0.3, 0.4) is 0 Å². The summed E-state index contributed by atoms with van der Waals surface area (Å²) < 4.78 is 28.0. The predicted octanol–water partition coefficient (Wildman–Crippen LogP) is 4.71. The van der Waals surface area contributed by atoms with Gasteiger partial charge in [-0.25, -0.2) is 8.42 Å². The van der Waals surface area contributed by atoms with Gasteiger partial charge in [-0.15, -0.1) is 0 Å². The first-order valence-corrected chi connectivity index (χ1v) is 9.20. The number of aryl methyl sites for hydroxylation is 3. The second-order valence-electron chi connectivity index (χ2n) is 7.15. The molecule has 0 fully saturated rings. The quantitative estimate of drug-likeness (QED) is 0.885. The van der Waals surface area contributed by atoms with E-state index in [1.165, 1.54) is 0 Å². The summed E-state index contributed by atoms with van der Waals surface area (Å²) >= 11 is 0. The maximum Gasteiger partial charge on any atom is 0.261 e. The van der Waals surface area contributed by atoms with E-state index in [1.54, 1.807) is 12.1 Å². The Hall–Kier alpha value is -1.81. The van der Waals surface area contributed by atoms with Gasteiger partial charge in [-0.3, -0.25) is 4.72 Å². The molecule has 2 rings (SSSR count). The number of rotatable bonds is 3. The molecule has 0 radical (unpaired) electrons. The highest BCUT2D eigenvalue weighted by Crippen LogP contribution is 2.27. The van der Waals surface area contributed by atoms with E-state index in [4.69, 9.17) is 0 Å². The van der Waals surface area contributed by atoms with Crippen molar-refractivity contribution in [2.45, 2.75) is 51.9 Å². The van der Waals surface area contributed by atoms with Crippen LogP contribution in [0.4, 0.5) is 5.69 Å². The van der Waals surface area contributed by atoms with Gasteiger partial charge in [-0.05, 0) is 55.0 Å². The number of anilines is 1. The second kappa shape index (κ2) is 6.00. The molecular formula is C19H25NO2S. The molecule has 0 aliphatic rings. The molecule has 0 unspecified atom stereocenters. The fraction of sp³-hybridized carbons (Fsp3) is 0.368. The van der Waals surface area contributed by atoms with Crippen LogP contribution in [0.5, 0.6) is 0 Å². The van der Waals surface area contributed by atoms with Crippen molar-refractivity contribution in [3.8, 4) is 0 Å².